The van der Waals surface area contributed by atoms with Crippen LogP contribution < -0.4 is 10.6 Å². The van der Waals surface area contributed by atoms with E-state index < -0.39 is 65.2 Å². The maximum Gasteiger partial charge on any atom is 0.317 e. The molecular formula is C31H41N7O11S. The second-order valence-electron chi connectivity index (χ2n) is 11.9. The number of phenolic OH excluding ortho intramolecular Hbond substituents is 1. The normalized spacial score (nSPS) is 15.9. The highest BCUT2D eigenvalue weighted by molar-refractivity contribution is 7.90. The van der Waals surface area contributed by atoms with E-state index in [2.05, 4.69) is 15.8 Å². The number of nitrogens with one attached hydrogen (secondary N) is 2. The van der Waals surface area contributed by atoms with Gasteiger partial charge in [0.25, 0.3) is 5.91 Å². The number of carboxylic acid groups (broad SMARTS) is 2. The van der Waals surface area contributed by atoms with E-state index in [1.807, 2.05) is 0 Å². The molecule has 3 amide bonds. The fourth-order valence-corrected chi connectivity index (χ4v) is 5.93. The first-order chi connectivity index (χ1) is 23.6. The van der Waals surface area contributed by atoms with Crippen molar-refractivity contribution in [3.8, 4) is 5.75 Å². The zero-order valence-electron chi connectivity index (χ0n) is 27.4. The van der Waals surface area contributed by atoms with Crippen LogP contribution in [-0.4, -0.2) is 151 Å². The summed E-state index contributed by atoms with van der Waals surface area (Å²) in [4.78, 5) is 78.6. The van der Waals surface area contributed by atoms with E-state index >= 15 is 0 Å². The first kappa shape index (κ1) is 39.6. The van der Waals surface area contributed by atoms with Crippen molar-refractivity contribution >= 4 is 39.5 Å². The van der Waals surface area contributed by atoms with Gasteiger partial charge in [-0.25, -0.2) is 8.42 Å². The molecule has 1 heterocycles. The summed E-state index contributed by atoms with van der Waals surface area (Å²) in [5, 5.41) is 36.6. The molecule has 3 rings (SSSR count). The van der Waals surface area contributed by atoms with Gasteiger partial charge < -0.3 is 26.0 Å². The van der Waals surface area contributed by atoms with Gasteiger partial charge >= 0.3 is 11.9 Å². The Labute approximate surface area is 288 Å². The van der Waals surface area contributed by atoms with Crippen LogP contribution in [-0.2, 0) is 46.7 Å². The Morgan fingerprint density at radius 3 is 1.86 bits per heavy atom. The average Bonchev–Trinajstić information content (AvgIpc) is 3.09. The van der Waals surface area contributed by atoms with E-state index in [4.69, 9.17) is 0 Å². The number of hydrogen-bond acceptors (Lipinski definition) is 13. The summed E-state index contributed by atoms with van der Waals surface area (Å²) in [7, 11) is -3.36. The highest BCUT2D eigenvalue weighted by atomic mass is 32.2. The molecule has 0 radical (unpaired) electrons. The van der Waals surface area contributed by atoms with E-state index in [-0.39, 0.29) is 63.3 Å². The van der Waals surface area contributed by atoms with E-state index in [1.165, 1.54) is 43.9 Å². The highest BCUT2D eigenvalue weighted by Crippen LogP contribution is 2.13. The van der Waals surface area contributed by atoms with Crippen LogP contribution in [0, 0.1) is 4.91 Å². The summed E-state index contributed by atoms with van der Waals surface area (Å²) in [6.45, 7) is -1.70. The number of aromatic hydroxyl groups is 1. The molecule has 50 heavy (non-hydrogen) atoms. The van der Waals surface area contributed by atoms with Crippen LogP contribution in [0.4, 0.5) is 0 Å². The van der Waals surface area contributed by atoms with Gasteiger partial charge in [-0.3, -0.25) is 43.6 Å². The van der Waals surface area contributed by atoms with E-state index in [9.17, 15) is 52.6 Å². The number of nitroso groups, excluding NO2 is 1. The fraction of sp³-hybridized carbons (Fsp3) is 0.452. The molecule has 0 aliphatic carbocycles. The molecule has 1 aliphatic rings. The Hall–Kier alpha value is -4.82. The largest absolute Gasteiger partial charge is 0.508 e. The third kappa shape index (κ3) is 14.0. The van der Waals surface area contributed by atoms with Crippen LogP contribution >= 0.6 is 0 Å². The van der Waals surface area contributed by atoms with Gasteiger partial charge in [0.15, 0.2) is 9.84 Å². The predicted molar refractivity (Wildman–Crippen MR) is 177 cm³/mol. The van der Waals surface area contributed by atoms with E-state index in [1.54, 1.807) is 24.3 Å². The molecule has 0 aromatic heterocycles. The van der Waals surface area contributed by atoms with Gasteiger partial charge in [0.2, 0.25) is 11.8 Å². The van der Waals surface area contributed by atoms with Crippen molar-refractivity contribution in [2.24, 2.45) is 5.18 Å². The third-order valence-corrected chi connectivity index (χ3v) is 8.70. The highest BCUT2D eigenvalue weighted by Gasteiger charge is 2.28. The number of hydrogen-bond donors (Lipinski definition) is 5. The number of nitrogens with zero attached hydrogens (tertiary/aromatic N) is 5. The van der Waals surface area contributed by atoms with Gasteiger partial charge in [-0.05, 0) is 41.8 Å². The first-order valence-corrected chi connectivity index (χ1v) is 17.3. The number of benzene rings is 2. The number of carboxylic acids is 2. The molecule has 1 atom stereocenters. The van der Waals surface area contributed by atoms with E-state index in [0.717, 1.165) is 11.8 Å². The van der Waals surface area contributed by atoms with Gasteiger partial charge in [-0.15, -0.1) is 4.91 Å². The van der Waals surface area contributed by atoms with Crippen LogP contribution in [0.15, 0.2) is 58.6 Å². The molecule has 2 aromatic carbocycles. The molecular weight excluding hydrogens is 678 g/mol. The molecule has 272 valence electrons. The number of sulfone groups is 1. The first-order valence-electron chi connectivity index (χ1n) is 15.4. The van der Waals surface area contributed by atoms with Crippen LogP contribution in [0.3, 0.4) is 0 Å². The summed E-state index contributed by atoms with van der Waals surface area (Å²) in [5.74, 6) is -4.48. The summed E-state index contributed by atoms with van der Waals surface area (Å²) in [6.07, 6.45) is 1.52. The minimum absolute atomic E-state index is 0.0101. The Bertz CT molecular complexity index is 1620. The summed E-state index contributed by atoms with van der Waals surface area (Å²) in [6, 6.07) is 11.2. The smallest absolute Gasteiger partial charge is 0.317 e. The predicted octanol–water partition coefficient (Wildman–Crippen LogP) is -1.26. The number of amides is 3. The Morgan fingerprint density at radius 1 is 0.780 bits per heavy atom. The molecule has 19 heteroatoms. The Balaban J connectivity index is 1.76. The lowest BCUT2D eigenvalue weighted by Gasteiger charge is -2.32. The maximum atomic E-state index is 13.5. The molecule has 0 bridgehead atoms. The van der Waals surface area contributed by atoms with Crippen molar-refractivity contribution in [3.63, 3.8) is 0 Å². The minimum Gasteiger partial charge on any atom is -0.508 e. The molecule has 0 spiro atoms. The number of carbonyl (C=O) groups excluding carboxylic acids is 3. The average molecular weight is 720 g/mol. The third-order valence-electron chi connectivity index (χ3n) is 7.57. The number of phenols is 1. The minimum atomic E-state index is -3.36. The molecule has 5 N–H and O–H groups in total. The topological polar surface area (TPSA) is 247 Å². The summed E-state index contributed by atoms with van der Waals surface area (Å²) < 4.78 is 23.5. The lowest BCUT2D eigenvalue weighted by Crippen LogP contribution is -2.53. The fourth-order valence-electron chi connectivity index (χ4n) is 5.30. The molecule has 1 fully saturated rings. The number of rotatable bonds is 16. The quantitative estimate of drug-likeness (QED) is 0.127. The molecule has 2 aromatic rings. The second kappa shape index (κ2) is 18.8. The molecule has 1 aliphatic heterocycles. The summed E-state index contributed by atoms with van der Waals surface area (Å²) >= 11 is 0. The standard InChI is InChI=1S/C31H41N7O11S/c1-50(48,49)25-8-4-22(5-9-25)10-11-32-31(46)26(14-23-2-6-24(39)7-3-23)33-27(40)15-37-20-36(17-29(42)43)13-12-35(16-28(41)34-47)19-38(21-37)18-30(44)45/h2-9,26,39H,10-21H2,1H3,(H,32,46)(H,33,40)(H,42,43)(H,44,45). The second-order valence-corrected chi connectivity index (χ2v) is 13.9. The van der Waals surface area contributed by atoms with Crippen LogP contribution in [0.5, 0.6) is 5.75 Å². The van der Waals surface area contributed by atoms with Crippen LogP contribution in [0.25, 0.3) is 0 Å². The zero-order chi connectivity index (χ0) is 36.8. The zero-order valence-corrected chi connectivity index (χ0v) is 28.2. The van der Waals surface area contributed by atoms with Crippen molar-refractivity contribution in [3.05, 3.63) is 64.6 Å². The molecule has 1 saturated heterocycles. The van der Waals surface area contributed by atoms with Gasteiger partial charge in [-0.2, -0.15) is 0 Å². The van der Waals surface area contributed by atoms with Crippen LogP contribution in [0.1, 0.15) is 11.1 Å². The van der Waals surface area contributed by atoms with Gasteiger partial charge in [0.1, 0.15) is 11.8 Å². The van der Waals surface area contributed by atoms with Crippen molar-refractivity contribution in [1.29, 1.82) is 0 Å². The Kier molecular flexibility index (Phi) is 14.9. The van der Waals surface area contributed by atoms with Crippen LogP contribution in [0.2, 0.25) is 0 Å². The number of aliphatic carboxylic acids is 2. The summed E-state index contributed by atoms with van der Waals surface area (Å²) in [5.41, 5.74) is 1.40. The Morgan fingerprint density at radius 2 is 1.30 bits per heavy atom. The molecule has 1 unspecified atom stereocenters. The maximum absolute atomic E-state index is 13.5. The van der Waals surface area contributed by atoms with E-state index in [0.29, 0.717) is 12.0 Å². The molecule has 18 nitrogen and oxygen atoms in total. The lowest BCUT2D eigenvalue weighted by atomic mass is 10.0. The van der Waals surface area contributed by atoms with Crippen molar-refractivity contribution in [2.75, 3.05) is 72.1 Å². The lowest BCUT2D eigenvalue weighted by molar-refractivity contribution is -0.139. The van der Waals surface area contributed by atoms with Gasteiger partial charge in [0.05, 0.1) is 51.1 Å². The van der Waals surface area contributed by atoms with Crippen molar-refractivity contribution in [2.45, 2.75) is 23.8 Å². The van der Waals surface area contributed by atoms with Gasteiger partial charge in [-0.1, -0.05) is 24.3 Å². The van der Waals surface area contributed by atoms with Gasteiger partial charge in [0, 0.05) is 37.5 Å². The monoisotopic (exact) mass is 719 g/mol. The SMILES string of the molecule is CS(=O)(=O)c1ccc(CCNC(=O)C(Cc2ccc(O)cc2)NC(=O)CN2CN(CC(=O)O)CCN(CC(=O)N=O)CN(CC(=O)O)C2)cc1. The van der Waals surface area contributed by atoms with Crippen molar-refractivity contribution < 1.29 is 47.7 Å². The van der Waals surface area contributed by atoms with Crippen molar-refractivity contribution in [1.82, 2.24) is 30.2 Å². The molecule has 0 saturated carbocycles. The number of carbonyl (C=O) groups is 5.